The molecule has 9 nitrogen and oxygen atoms in total. The van der Waals surface area contributed by atoms with E-state index in [4.69, 9.17) is 9.40 Å². The summed E-state index contributed by atoms with van der Waals surface area (Å²) in [4.78, 5) is 27.9. The van der Waals surface area contributed by atoms with Crippen LogP contribution in [-0.2, 0) is 17.8 Å². The van der Waals surface area contributed by atoms with Crippen molar-refractivity contribution in [1.82, 2.24) is 24.1 Å². The molecule has 6 aromatic rings. The summed E-state index contributed by atoms with van der Waals surface area (Å²) in [5.41, 5.74) is 4.93. The van der Waals surface area contributed by atoms with Crippen molar-refractivity contribution in [2.45, 2.75) is 32.4 Å². The highest BCUT2D eigenvalue weighted by Gasteiger charge is 2.29. The van der Waals surface area contributed by atoms with Crippen LogP contribution in [0.3, 0.4) is 0 Å². The van der Waals surface area contributed by atoms with E-state index >= 15 is 0 Å². The van der Waals surface area contributed by atoms with Crippen LogP contribution in [-0.4, -0.2) is 30.5 Å². The molecule has 4 aromatic heterocycles. The molecule has 41 heavy (non-hydrogen) atoms. The summed E-state index contributed by atoms with van der Waals surface area (Å²) < 4.78 is 10.2. The molecule has 9 heteroatoms. The highest BCUT2D eigenvalue weighted by molar-refractivity contribution is 5.86. The normalized spacial score (nSPS) is 11.8. The van der Waals surface area contributed by atoms with E-state index in [0.29, 0.717) is 30.0 Å². The van der Waals surface area contributed by atoms with Gasteiger partial charge in [0.15, 0.2) is 0 Å². The number of anilines is 1. The number of aromatic nitrogens is 5. The summed E-state index contributed by atoms with van der Waals surface area (Å²) in [6.45, 7) is 2.83. The van der Waals surface area contributed by atoms with Gasteiger partial charge in [0, 0.05) is 54.4 Å². The Morgan fingerprint density at radius 2 is 1.95 bits per heavy atom. The van der Waals surface area contributed by atoms with Gasteiger partial charge in [0.25, 0.3) is 0 Å². The van der Waals surface area contributed by atoms with Gasteiger partial charge in [0.1, 0.15) is 17.4 Å². The van der Waals surface area contributed by atoms with Gasteiger partial charge in [0.2, 0.25) is 12.3 Å². The van der Waals surface area contributed by atoms with Gasteiger partial charge in [-0.15, -0.1) is 0 Å². The Kier molecular flexibility index (Phi) is 7.11. The monoisotopic (exact) mass is 541 g/mol. The molecule has 0 fully saturated rings. The van der Waals surface area contributed by atoms with E-state index in [1.807, 2.05) is 47.3 Å². The maximum Gasteiger partial charge on any atom is 0.217 e. The molecular weight excluding hydrogens is 514 g/mol. The van der Waals surface area contributed by atoms with Crippen molar-refractivity contribution in [3.8, 4) is 23.0 Å². The first-order valence-corrected chi connectivity index (χ1v) is 13.4. The van der Waals surface area contributed by atoms with E-state index in [1.54, 1.807) is 47.9 Å². The van der Waals surface area contributed by atoms with Crippen molar-refractivity contribution in [2.75, 3.05) is 4.90 Å². The van der Waals surface area contributed by atoms with Crippen LogP contribution in [0.25, 0.3) is 27.9 Å². The lowest BCUT2D eigenvalue weighted by Crippen LogP contribution is -2.31. The number of carbonyl (C=O) groups excluding carboxylic acids is 1. The molecule has 0 aliphatic carbocycles. The van der Waals surface area contributed by atoms with E-state index in [1.165, 1.54) is 0 Å². The zero-order chi connectivity index (χ0) is 28.2. The molecule has 2 aromatic carbocycles. The van der Waals surface area contributed by atoms with Crippen molar-refractivity contribution in [1.29, 1.82) is 5.26 Å². The molecule has 4 heterocycles. The van der Waals surface area contributed by atoms with E-state index in [0.717, 1.165) is 46.7 Å². The first-order chi connectivity index (χ1) is 20.2. The maximum absolute atomic E-state index is 12.8. The van der Waals surface area contributed by atoms with Crippen molar-refractivity contribution in [2.24, 2.45) is 0 Å². The summed E-state index contributed by atoms with van der Waals surface area (Å²) >= 11 is 0. The fourth-order valence-corrected chi connectivity index (χ4v) is 5.10. The van der Waals surface area contributed by atoms with Crippen LogP contribution in [0.1, 0.15) is 36.5 Å². The predicted octanol–water partition coefficient (Wildman–Crippen LogP) is 6.11. The molecule has 0 saturated carbocycles. The van der Waals surface area contributed by atoms with Crippen molar-refractivity contribution >= 4 is 23.3 Å². The number of hydrogen-bond donors (Lipinski definition) is 0. The second kappa shape index (κ2) is 11.3. The molecule has 0 unspecified atom stereocenters. The van der Waals surface area contributed by atoms with Gasteiger partial charge in [-0.25, -0.2) is 9.97 Å². The molecule has 0 aliphatic heterocycles. The number of nitrogens with zero attached hydrogens (tertiary/aromatic N) is 7. The third-order valence-electron chi connectivity index (χ3n) is 7.06. The largest absolute Gasteiger partial charge is 0.440 e. The molecule has 0 bridgehead atoms. The molecule has 6 rings (SSSR count). The second-order valence-corrected chi connectivity index (χ2v) is 9.67. The summed E-state index contributed by atoms with van der Waals surface area (Å²) in [6.07, 6.45) is 11.1. The van der Waals surface area contributed by atoms with Crippen molar-refractivity contribution < 1.29 is 9.21 Å². The van der Waals surface area contributed by atoms with Gasteiger partial charge < -0.3 is 13.6 Å². The van der Waals surface area contributed by atoms with Gasteiger partial charge in [0.05, 0.1) is 29.9 Å². The number of rotatable bonds is 10. The van der Waals surface area contributed by atoms with Gasteiger partial charge in [-0.1, -0.05) is 25.1 Å². The van der Waals surface area contributed by atoms with E-state index < -0.39 is 6.04 Å². The Morgan fingerprint density at radius 3 is 2.66 bits per heavy atom. The lowest BCUT2D eigenvalue weighted by atomic mass is 10.1. The third kappa shape index (κ3) is 5.11. The number of benzene rings is 2. The van der Waals surface area contributed by atoms with E-state index in [9.17, 15) is 10.1 Å². The van der Waals surface area contributed by atoms with Crippen LogP contribution in [0.2, 0.25) is 0 Å². The topological polar surface area (TPSA) is 106 Å². The zero-order valence-electron chi connectivity index (χ0n) is 22.5. The Balaban J connectivity index is 1.44. The van der Waals surface area contributed by atoms with Gasteiger partial charge in [-0.2, -0.15) is 5.26 Å². The fraction of sp³-hybridized carbons (Fsp3) is 0.156. The van der Waals surface area contributed by atoms with Crippen molar-refractivity contribution in [3.05, 3.63) is 115 Å². The first kappa shape index (κ1) is 25.8. The third-order valence-corrected chi connectivity index (χ3v) is 7.06. The minimum atomic E-state index is -0.496. The minimum Gasteiger partial charge on any atom is -0.440 e. The fourth-order valence-electron chi connectivity index (χ4n) is 5.10. The Bertz CT molecular complexity index is 1810. The summed E-state index contributed by atoms with van der Waals surface area (Å²) in [7, 11) is 0. The molecule has 0 N–H and O–H groups in total. The average molecular weight is 542 g/mol. The lowest BCUT2D eigenvalue weighted by Gasteiger charge is -2.27. The summed E-state index contributed by atoms with van der Waals surface area (Å²) in [5.74, 6) is 1.11. The summed E-state index contributed by atoms with van der Waals surface area (Å²) in [6, 6.07) is 22.6. The zero-order valence-corrected chi connectivity index (χ0v) is 22.5. The molecule has 0 spiro atoms. The minimum absolute atomic E-state index is 0.378. The van der Waals surface area contributed by atoms with E-state index in [-0.39, 0.29) is 0 Å². The van der Waals surface area contributed by atoms with Crippen LogP contribution < -0.4 is 4.90 Å². The van der Waals surface area contributed by atoms with Crippen LogP contribution >= 0.6 is 0 Å². The highest BCUT2D eigenvalue weighted by atomic mass is 16.4. The van der Waals surface area contributed by atoms with Crippen molar-refractivity contribution in [3.63, 3.8) is 0 Å². The number of hydrogen-bond acceptors (Lipinski definition) is 6. The molecule has 202 valence electrons. The number of fused-ring (bicyclic) bond motifs is 1. The average Bonchev–Trinajstić information content (AvgIpc) is 3.78. The number of amides is 1. The number of carbonyl (C=O) groups is 1. The standard InChI is InChI=1S/C32H27N7O2/c1-2-14-38-29(24-7-9-27(10-8-24)37-15-13-34-21-37)20-36-32(38)28(18-26-5-3-4-12-35-26)39(22-40)31-17-25-16-23(19-33)6-11-30(25)41-31/h3-13,15-17,20-22,28H,2,14,18H2,1H3/t28-/m0/s1. The molecular formula is C32H27N7O2. The molecule has 0 saturated heterocycles. The van der Waals surface area contributed by atoms with E-state index in [2.05, 4.69) is 39.7 Å². The SMILES string of the molecule is CCCn1c(-c2ccc(-n3ccnc3)cc2)cnc1[C@H](Cc1ccccn1)N(C=O)c1cc2cc(C#N)ccc2o1. The molecule has 0 aliphatic rings. The molecule has 1 atom stereocenters. The Labute approximate surface area is 237 Å². The Morgan fingerprint density at radius 1 is 1.07 bits per heavy atom. The maximum atomic E-state index is 12.8. The molecule has 1 amide bonds. The lowest BCUT2D eigenvalue weighted by molar-refractivity contribution is -0.108. The van der Waals surface area contributed by atoms with Crippen LogP contribution in [0.15, 0.2) is 102 Å². The van der Waals surface area contributed by atoms with Crippen LogP contribution in [0, 0.1) is 11.3 Å². The molecule has 0 radical (unpaired) electrons. The predicted molar refractivity (Wildman–Crippen MR) is 155 cm³/mol. The van der Waals surface area contributed by atoms with Crippen LogP contribution in [0.4, 0.5) is 5.88 Å². The number of pyridine rings is 1. The number of imidazole rings is 2. The Hall–Kier alpha value is -5.49. The smallest absolute Gasteiger partial charge is 0.217 e. The van der Waals surface area contributed by atoms with Crippen LogP contribution in [0.5, 0.6) is 0 Å². The summed E-state index contributed by atoms with van der Waals surface area (Å²) in [5, 5.41) is 10.1. The van der Waals surface area contributed by atoms with Gasteiger partial charge >= 0.3 is 0 Å². The van der Waals surface area contributed by atoms with Gasteiger partial charge in [-0.05, 0) is 54.4 Å². The highest BCUT2D eigenvalue weighted by Crippen LogP contribution is 2.35. The second-order valence-electron chi connectivity index (χ2n) is 9.67. The quantitative estimate of drug-likeness (QED) is 0.194. The number of nitriles is 1. The van der Waals surface area contributed by atoms with Gasteiger partial charge in [-0.3, -0.25) is 14.7 Å². The first-order valence-electron chi connectivity index (χ1n) is 13.4. The number of furan rings is 1.